The van der Waals surface area contributed by atoms with Crippen molar-refractivity contribution in [1.82, 2.24) is 15.1 Å². The van der Waals surface area contributed by atoms with Gasteiger partial charge in [-0.2, -0.15) is 0 Å². The standard InChI is InChI=1S/C16H17F2N3O3/c17-16(18)8-12(9-22)21(10-16)14(23)7-6-13-19-20-15(24-13)11-4-2-1-3-5-11/h1-5,12,22H,6-10H2. The molecule has 1 fully saturated rings. The molecular formula is C16H17F2N3O3. The van der Waals surface area contributed by atoms with Crippen molar-refractivity contribution in [2.45, 2.75) is 31.2 Å². The van der Waals surface area contributed by atoms with Gasteiger partial charge in [0.25, 0.3) is 5.92 Å². The lowest BCUT2D eigenvalue weighted by Gasteiger charge is -2.21. The van der Waals surface area contributed by atoms with E-state index in [9.17, 15) is 13.6 Å². The Bertz CT molecular complexity index is 706. The number of hydrogen-bond donors (Lipinski definition) is 1. The van der Waals surface area contributed by atoms with Gasteiger partial charge in [-0.25, -0.2) is 8.78 Å². The molecule has 1 aromatic heterocycles. The first-order valence-corrected chi connectivity index (χ1v) is 7.64. The average Bonchev–Trinajstić information content (AvgIpc) is 3.17. The molecule has 0 saturated carbocycles. The second-order valence-corrected chi connectivity index (χ2v) is 5.79. The first-order valence-electron chi connectivity index (χ1n) is 7.64. The highest BCUT2D eigenvalue weighted by molar-refractivity contribution is 5.77. The maximum atomic E-state index is 13.4. The van der Waals surface area contributed by atoms with Crippen LogP contribution in [0, 0.1) is 0 Å². The van der Waals surface area contributed by atoms with E-state index in [1.807, 2.05) is 30.3 Å². The minimum absolute atomic E-state index is 0.0248. The molecule has 3 rings (SSSR count). The van der Waals surface area contributed by atoms with Gasteiger partial charge < -0.3 is 14.4 Å². The molecule has 2 heterocycles. The van der Waals surface area contributed by atoms with E-state index in [4.69, 9.17) is 9.52 Å². The largest absolute Gasteiger partial charge is 0.421 e. The molecule has 1 N–H and O–H groups in total. The molecule has 24 heavy (non-hydrogen) atoms. The van der Waals surface area contributed by atoms with Crippen LogP contribution in [-0.4, -0.2) is 51.2 Å². The molecule has 0 aliphatic carbocycles. The zero-order chi connectivity index (χ0) is 17.2. The van der Waals surface area contributed by atoms with Gasteiger partial charge in [-0.15, -0.1) is 10.2 Å². The van der Waals surface area contributed by atoms with Crippen LogP contribution in [0.5, 0.6) is 0 Å². The summed E-state index contributed by atoms with van der Waals surface area (Å²) < 4.78 is 32.3. The van der Waals surface area contributed by atoms with Crippen molar-refractivity contribution in [3.63, 3.8) is 0 Å². The molecule has 1 unspecified atom stereocenters. The summed E-state index contributed by atoms with van der Waals surface area (Å²) in [6.45, 7) is -1.13. The highest BCUT2D eigenvalue weighted by atomic mass is 19.3. The number of amides is 1. The molecule has 1 aromatic carbocycles. The van der Waals surface area contributed by atoms with Crippen molar-refractivity contribution in [3.8, 4) is 11.5 Å². The van der Waals surface area contributed by atoms with Crippen LogP contribution in [0.2, 0.25) is 0 Å². The molecular weight excluding hydrogens is 320 g/mol. The van der Waals surface area contributed by atoms with Crippen LogP contribution in [0.1, 0.15) is 18.7 Å². The van der Waals surface area contributed by atoms with Gasteiger partial charge in [0.1, 0.15) is 0 Å². The number of halogens is 2. The smallest absolute Gasteiger partial charge is 0.267 e. The topological polar surface area (TPSA) is 79.5 Å². The number of carbonyl (C=O) groups is 1. The van der Waals surface area contributed by atoms with Gasteiger partial charge in [0, 0.05) is 24.8 Å². The van der Waals surface area contributed by atoms with Gasteiger partial charge in [0.05, 0.1) is 19.2 Å². The number of aliphatic hydroxyl groups is 1. The van der Waals surface area contributed by atoms with Gasteiger partial charge in [0.2, 0.25) is 17.7 Å². The minimum Gasteiger partial charge on any atom is -0.421 e. The van der Waals surface area contributed by atoms with Crippen molar-refractivity contribution in [2.75, 3.05) is 13.2 Å². The number of rotatable bonds is 5. The Labute approximate surface area is 137 Å². The second kappa shape index (κ2) is 6.64. The Morgan fingerprint density at radius 2 is 2.08 bits per heavy atom. The monoisotopic (exact) mass is 337 g/mol. The first-order chi connectivity index (χ1) is 11.5. The lowest BCUT2D eigenvalue weighted by Crippen LogP contribution is -2.38. The number of aliphatic hydroxyl groups excluding tert-OH is 1. The van der Waals surface area contributed by atoms with Crippen LogP contribution < -0.4 is 0 Å². The van der Waals surface area contributed by atoms with Gasteiger partial charge in [-0.1, -0.05) is 18.2 Å². The maximum Gasteiger partial charge on any atom is 0.267 e. The Balaban J connectivity index is 1.60. The quantitative estimate of drug-likeness (QED) is 0.901. The third-order valence-corrected chi connectivity index (χ3v) is 3.95. The van der Waals surface area contributed by atoms with E-state index in [0.717, 1.165) is 10.5 Å². The minimum atomic E-state index is -2.95. The van der Waals surface area contributed by atoms with Crippen molar-refractivity contribution < 1.29 is 23.1 Å². The summed E-state index contributed by atoms with van der Waals surface area (Å²) in [6, 6.07) is 8.34. The summed E-state index contributed by atoms with van der Waals surface area (Å²) in [4.78, 5) is 13.2. The molecule has 8 heteroatoms. The number of hydrogen-bond acceptors (Lipinski definition) is 5. The number of alkyl halides is 2. The molecule has 1 amide bonds. The number of aryl methyl sites for hydroxylation is 1. The summed E-state index contributed by atoms with van der Waals surface area (Å²) in [6.07, 6.45) is -0.365. The molecule has 1 saturated heterocycles. The van der Waals surface area contributed by atoms with Crippen molar-refractivity contribution in [1.29, 1.82) is 0 Å². The van der Waals surface area contributed by atoms with Crippen molar-refractivity contribution in [3.05, 3.63) is 36.2 Å². The SMILES string of the molecule is O=C(CCc1nnc(-c2ccccc2)o1)N1CC(F)(F)CC1CO. The molecule has 0 bridgehead atoms. The fraction of sp³-hybridized carbons (Fsp3) is 0.438. The second-order valence-electron chi connectivity index (χ2n) is 5.79. The molecule has 0 spiro atoms. The average molecular weight is 337 g/mol. The fourth-order valence-corrected chi connectivity index (χ4v) is 2.76. The van der Waals surface area contributed by atoms with E-state index in [0.29, 0.717) is 5.89 Å². The van der Waals surface area contributed by atoms with Crippen LogP contribution in [0.25, 0.3) is 11.5 Å². The van der Waals surface area contributed by atoms with Crippen LogP contribution >= 0.6 is 0 Å². The Morgan fingerprint density at radius 1 is 1.33 bits per heavy atom. The zero-order valence-electron chi connectivity index (χ0n) is 12.9. The Morgan fingerprint density at radius 3 is 2.79 bits per heavy atom. The van der Waals surface area contributed by atoms with E-state index in [2.05, 4.69) is 10.2 Å². The third kappa shape index (κ3) is 3.59. The molecule has 1 aliphatic heterocycles. The van der Waals surface area contributed by atoms with E-state index < -0.39 is 37.4 Å². The molecule has 6 nitrogen and oxygen atoms in total. The van der Waals surface area contributed by atoms with Gasteiger partial charge in [-0.3, -0.25) is 4.79 Å². The van der Waals surface area contributed by atoms with Crippen LogP contribution in [0.15, 0.2) is 34.7 Å². The lowest BCUT2D eigenvalue weighted by molar-refractivity contribution is -0.133. The Kier molecular flexibility index (Phi) is 4.57. The highest BCUT2D eigenvalue weighted by Gasteiger charge is 2.46. The van der Waals surface area contributed by atoms with Crippen LogP contribution in [0.4, 0.5) is 8.78 Å². The number of carbonyl (C=O) groups excluding carboxylic acids is 1. The number of aromatic nitrogens is 2. The fourth-order valence-electron chi connectivity index (χ4n) is 2.76. The molecule has 128 valence electrons. The van der Waals surface area contributed by atoms with Gasteiger partial charge >= 0.3 is 0 Å². The summed E-state index contributed by atoms with van der Waals surface area (Å²) >= 11 is 0. The van der Waals surface area contributed by atoms with Crippen molar-refractivity contribution >= 4 is 5.91 Å². The first kappa shape index (κ1) is 16.5. The Hall–Kier alpha value is -2.35. The molecule has 1 aliphatic rings. The summed E-state index contributed by atoms with van der Waals surface area (Å²) in [5, 5.41) is 17.0. The highest BCUT2D eigenvalue weighted by Crippen LogP contribution is 2.32. The molecule has 2 aromatic rings. The maximum absolute atomic E-state index is 13.4. The summed E-state index contributed by atoms with van der Waals surface area (Å²) in [5.74, 6) is -2.79. The number of likely N-dealkylation sites (tertiary alicyclic amines) is 1. The number of benzene rings is 1. The van der Waals surface area contributed by atoms with Gasteiger partial charge in [0.15, 0.2) is 0 Å². The predicted molar refractivity (Wildman–Crippen MR) is 80.2 cm³/mol. The third-order valence-electron chi connectivity index (χ3n) is 3.95. The summed E-state index contributed by atoms with van der Waals surface area (Å²) in [5.41, 5.74) is 0.766. The molecule has 1 atom stereocenters. The normalized spacial score (nSPS) is 19.6. The van der Waals surface area contributed by atoms with Gasteiger partial charge in [-0.05, 0) is 12.1 Å². The van der Waals surface area contributed by atoms with Crippen LogP contribution in [0.3, 0.4) is 0 Å². The van der Waals surface area contributed by atoms with E-state index >= 15 is 0 Å². The van der Waals surface area contributed by atoms with Crippen molar-refractivity contribution in [2.24, 2.45) is 0 Å². The van der Waals surface area contributed by atoms with Crippen LogP contribution in [-0.2, 0) is 11.2 Å². The summed E-state index contributed by atoms with van der Waals surface area (Å²) in [7, 11) is 0. The van der Waals surface area contributed by atoms with E-state index in [-0.39, 0.29) is 18.7 Å². The van der Waals surface area contributed by atoms with E-state index in [1.54, 1.807) is 0 Å². The van der Waals surface area contributed by atoms with E-state index in [1.165, 1.54) is 0 Å². The zero-order valence-corrected chi connectivity index (χ0v) is 12.9. The predicted octanol–water partition coefficient (Wildman–Crippen LogP) is 1.90. The lowest BCUT2D eigenvalue weighted by atomic mass is 10.2. The number of nitrogens with zero attached hydrogens (tertiary/aromatic N) is 3. The molecule has 0 radical (unpaired) electrons.